The van der Waals surface area contributed by atoms with E-state index in [9.17, 15) is 0 Å². The van der Waals surface area contributed by atoms with Gasteiger partial charge in [-0.2, -0.15) is 0 Å². The molecule has 20 heavy (non-hydrogen) atoms. The summed E-state index contributed by atoms with van der Waals surface area (Å²) in [7, 11) is 0. The van der Waals surface area contributed by atoms with Crippen molar-refractivity contribution in [2.24, 2.45) is 5.41 Å². The summed E-state index contributed by atoms with van der Waals surface area (Å²) in [5.74, 6) is 0. The van der Waals surface area contributed by atoms with Gasteiger partial charge in [-0.05, 0) is 79.2 Å². The van der Waals surface area contributed by atoms with Crippen LogP contribution in [0.2, 0.25) is 0 Å². The summed E-state index contributed by atoms with van der Waals surface area (Å²) in [5.41, 5.74) is 6.97. The first-order valence-corrected chi connectivity index (χ1v) is 8.47. The van der Waals surface area contributed by atoms with Crippen molar-refractivity contribution in [1.29, 1.82) is 0 Å². The molecule has 1 heteroatoms. The Bertz CT molecular complexity index is 487. The third kappa shape index (κ3) is 2.79. The normalized spacial score (nSPS) is 24.6. The average molecular weight is 271 g/mol. The van der Waals surface area contributed by atoms with Crippen molar-refractivity contribution in [3.63, 3.8) is 0 Å². The molecule has 1 atom stereocenters. The Morgan fingerprint density at radius 2 is 1.75 bits per heavy atom. The molecule has 0 fully saturated rings. The van der Waals surface area contributed by atoms with Crippen molar-refractivity contribution in [3.05, 3.63) is 34.4 Å². The number of nitrogens with one attached hydrogen (secondary N) is 1. The number of hydrogen-bond acceptors (Lipinski definition) is 1. The predicted molar refractivity (Wildman–Crippen MR) is 86.2 cm³/mol. The van der Waals surface area contributed by atoms with Crippen LogP contribution in [0.15, 0.2) is 12.1 Å². The van der Waals surface area contributed by atoms with Crippen LogP contribution in [0.5, 0.6) is 0 Å². The summed E-state index contributed by atoms with van der Waals surface area (Å²) in [5, 5.41) is 3.74. The van der Waals surface area contributed by atoms with Crippen LogP contribution < -0.4 is 5.32 Å². The third-order valence-corrected chi connectivity index (χ3v) is 5.26. The van der Waals surface area contributed by atoms with E-state index in [0.717, 1.165) is 6.54 Å². The molecular formula is C19H29N. The summed E-state index contributed by atoms with van der Waals surface area (Å²) in [6.45, 7) is 8.17. The highest BCUT2D eigenvalue weighted by molar-refractivity contribution is 5.42. The van der Waals surface area contributed by atoms with E-state index in [-0.39, 0.29) is 0 Å². The summed E-state index contributed by atoms with van der Waals surface area (Å²) in [4.78, 5) is 0. The fourth-order valence-electron chi connectivity index (χ4n) is 4.06. The van der Waals surface area contributed by atoms with Gasteiger partial charge in [0.05, 0.1) is 0 Å². The molecule has 0 aliphatic heterocycles. The second-order valence-electron chi connectivity index (χ2n) is 7.51. The standard InChI is InChI=1S/C19H29N/c1-4-20-18-13-19(2,3)10-9-16-11-14-7-5-6-8-15(14)12-17(16)18/h11-12,18,20H,4-10,13H2,1-3H3. The molecular weight excluding hydrogens is 242 g/mol. The lowest BCUT2D eigenvalue weighted by atomic mass is 9.82. The minimum Gasteiger partial charge on any atom is -0.310 e. The number of aryl methyl sites for hydroxylation is 3. The van der Waals surface area contributed by atoms with Crippen LogP contribution in [-0.4, -0.2) is 6.54 Å². The Labute approximate surface area is 124 Å². The minimum absolute atomic E-state index is 0.451. The molecule has 2 aliphatic rings. The number of fused-ring (bicyclic) bond motifs is 2. The van der Waals surface area contributed by atoms with E-state index in [2.05, 4.69) is 38.2 Å². The zero-order valence-electron chi connectivity index (χ0n) is 13.4. The average Bonchev–Trinajstić information content (AvgIpc) is 2.54. The fraction of sp³-hybridized carbons (Fsp3) is 0.684. The molecule has 2 aliphatic carbocycles. The van der Waals surface area contributed by atoms with Crippen LogP contribution in [0.25, 0.3) is 0 Å². The highest BCUT2D eigenvalue weighted by Crippen LogP contribution is 2.40. The van der Waals surface area contributed by atoms with Crippen molar-refractivity contribution >= 4 is 0 Å². The maximum atomic E-state index is 3.74. The first-order chi connectivity index (χ1) is 9.59. The molecule has 1 nitrogen and oxygen atoms in total. The molecule has 0 radical (unpaired) electrons. The Morgan fingerprint density at radius 3 is 2.45 bits per heavy atom. The van der Waals surface area contributed by atoms with Gasteiger partial charge >= 0.3 is 0 Å². The van der Waals surface area contributed by atoms with Gasteiger partial charge in [0, 0.05) is 6.04 Å². The second kappa shape index (κ2) is 5.52. The van der Waals surface area contributed by atoms with E-state index in [1.165, 1.54) is 44.9 Å². The van der Waals surface area contributed by atoms with Crippen LogP contribution in [-0.2, 0) is 19.3 Å². The summed E-state index contributed by atoms with van der Waals surface area (Å²) in [6.07, 6.45) is 9.21. The first kappa shape index (κ1) is 14.1. The molecule has 3 rings (SSSR count). The van der Waals surface area contributed by atoms with Crippen molar-refractivity contribution in [1.82, 2.24) is 5.32 Å². The summed E-state index contributed by atoms with van der Waals surface area (Å²) >= 11 is 0. The highest BCUT2D eigenvalue weighted by atomic mass is 14.9. The lowest BCUT2D eigenvalue weighted by Gasteiger charge is -2.28. The Kier molecular flexibility index (Phi) is 3.90. The van der Waals surface area contributed by atoms with Gasteiger partial charge in [-0.1, -0.05) is 32.9 Å². The van der Waals surface area contributed by atoms with E-state index in [1.54, 1.807) is 22.3 Å². The predicted octanol–water partition coefficient (Wildman–Crippen LogP) is 4.58. The van der Waals surface area contributed by atoms with Crippen molar-refractivity contribution in [2.45, 2.75) is 71.8 Å². The van der Waals surface area contributed by atoms with Crippen molar-refractivity contribution < 1.29 is 0 Å². The van der Waals surface area contributed by atoms with E-state index < -0.39 is 0 Å². The van der Waals surface area contributed by atoms with E-state index in [0.29, 0.717) is 11.5 Å². The topological polar surface area (TPSA) is 12.0 Å². The van der Waals surface area contributed by atoms with Gasteiger partial charge in [0.15, 0.2) is 0 Å². The fourth-order valence-corrected chi connectivity index (χ4v) is 4.06. The van der Waals surface area contributed by atoms with E-state index >= 15 is 0 Å². The molecule has 1 aromatic rings. The molecule has 1 aromatic carbocycles. The zero-order valence-corrected chi connectivity index (χ0v) is 13.4. The molecule has 0 aromatic heterocycles. The van der Waals surface area contributed by atoms with Crippen LogP contribution in [0.3, 0.4) is 0 Å². The highest BCUT2D eigenvalue weighted by Gasteiger charge is 2.30. The Morgan fingerprint density at radius 1 is 1.05 bits per heavy atom. The molecule has 0 amide bonds. The van der Waals surface area contributed by atoms with Gasteiger partial charge in [-0.25, -0.2) is 0 Å². The number of benzene rings is 1. The van der Waals surface area contributed by atoms with Crippen molar-refractivity contribution in [2.75, 3.05) is 6.54 Å². The summed E-state index contributed by atoms with van der Waals surface area (Å²) in [6, 6.07) is 5.66. The van der Waals surface area contributed by atoms with Crippen molar-refractivity contribution in [3.8, 4) is 0 Å². The maximum Gasteiger partial charge on any atom is 0.0328 e. The van der Waals surface area contributed by atoms with Gasteiger partial charge in [-0.3, -0.25) is 0 Å². The van der Waals surface area contributed by atoms with E-state index in [1.807, 2.05) is 0 Å². The van der Waals surface area contributed by atoms with Crippen LogP contribution >= 0.6 is 0 Å². The minimum atomic E-state index is 0.451. The van der Waals surface area contributed by atoms with E-state index in [4.69, 9.17) is 0 Å². The molecule has 0 spiro atoms. The molecule has 0 heterocycles. The monoisotopic (exact) mass is 271 g/mol. The molecule has 110 valence electrons. The third-order valence-electron chi connectivity index (χ3n) is 5.26. The van der Waals surface area contributed by atoms with Crippen LogP contribution in [0.4, 0.5) is 0 Å². The number of rotatable bonds is 2. The molecule has 0 saturated carbocycles. The molecule has 0 bridgehead atoms. The SMILES string of the molecule is CCNC1CC(C)(C)CCc2cc3c(cc21)CCCC3. The Hall–Kier alpha value is -0.820. The lowest BCUT2D eigenvalue weighted by molar-refractivity contribution is 0.275. The quantitative estimate of drug-likeness (QED) is 0.776. The Balaban J connectivity index is 2.01. The first-order valence-electron chi connectivity index (χ1n) is 8.47. The zero-order chi connectivity index (χ0) is 14.2. The lowest BCUT2D eigenvalue weighted by Crippen LogP contribution is -2.26. The van der Waals surface area contributed by atoms with Gasteiger partial charge < -0.3 is 5.32 Å². The largest absolute Gasteiger partial charge is 0.310 e. The molecule has 1 N–H and O–H groups in total. The second-order valence-corrected chi connectivity index (χ2v) is 7.51. The van der Waals surface area contributed by atoms with Gasteiger partial charge in [0.1, 0.15) is 0 Å². The van der Waals surface area contributed by atoms with Gasteiger partial charge in [-0.15, -0.1) is 0 Å². The summed E-state index contributed by atoms with van der Waals surface area (Å²) < 4.78 is 0. The van der Waals surface area contributed by atoms with Gasteiger partial charge in [0.25, 0.3) is 0 Å². The van der Waals surface area contributed by atoms with Gasteiger partial charge in [0.2, 0.25) is 0 Å². The number of hydrogen-bond donors (Lipinski definition) is 1. The van der Waals surface area contributed by atoms with Crippen LogP contribution in [0, 0.1) is 5.41 Å². The molecule has 1 unspecified atom stereocenters. The van der Waals surface area contributed by atoms with Crippen LogP contribution in [0.1, 0.15) is 74.8 Å². The smallest absolute Gasteiger partial charge is 0.0328 e. The maximum absolute atomic E-state index is 3.74. The molecule has 0 saturated heterocycles.